The molecule has 0 radical (unpaired) electrons. The Bertz CT molecular complexity index is 1050. The second-order valence-corrected chi connectivity index (χ2v) is 9.78. The lowest BCUT2D eigenvalue weighted by Crippen LogP contribution is -2.44. The molecule has 1 spiro atoms. The summed E-state index contributed by atoms with van der Waals surface area (Å²) < 4.78 is 27.7. The third-order valence-electron chi connectivity index (χ3n) is 6.04. The van der Waals surface area contributed by atoms with Gasteiger partial charge in [0.25, 0.3) is 0 Å². The molecule has 2 fully saturated rings. The Morgan fingerprint density at radius 3 is 2.47 bits per heavy atom. The van der Waals surface area contributed by atoms with E-state index in [1.54, 1.807) is 30.6 Å². The number of likely N-dealkylation sites (N-methyl/N-ethyl adjacent to an activating group) is 1. The normalized spacial score (nSPS) is 25.8. The molecule has 1 aliphatic carbocycles. The van der Waals surface area contributed by atoms with Crippen molar-refractivity contribution in [2.24, 2.45) is 11.3 Å². The third-order valence-corrected chi connectivity index (χ3v) is 7.91. The van der Waals surface area contributed by atoms with Crippen LogP contribution in [-0.4, -0.2) is 49.2 Å². The maximum atomic E-state index is 13.2. The Labute approximate surface area is 175 Å². The number of carbonyl (C=O) groups excluding carboxylic acids is 2. The SMILES string of the molecule is CNC(=O)[C@@H]1C[C@@]2(C[C@@H]2C(=O)NCc2ccncc2)CN1S(=O)(=O)c1ccccc1. The van der Waals surface area contributed by atoms with Crippen LogP contribution in [0.2, 0.25) is 0 Å². The summed E-state index contributed by atoms with van der Waals surface area (Å²) in [5, 5.41) is 5.49. The van der Waals surface area contributed by atoms with E-state index in [0.717, 1.165) is 5.56 Å². The number of nitrogens with one attached hydrogen (secondary N) is 2. The first-order valence-corrected chi connectivity index (χ1v) is 11.3. The molecule has 1 aromatic heterocycles. The fourth-order valence-electron chi connectivity index (χ4n) is 4.27. The Morgan fingerprint density at radius 1 is 1.10 bits per heavy atom. The van der Waals surface area contributed by atoms with Crippen molar-refractivity contribution in [3.05, 3.63) is 60.4 Å². The second kappa shape index (κ2) is 7.81. The molecule has 0 bridgehead atoms. The highest BCUT2D eigenvalue weighted by atomic mass is 32.2. The Balaban J connectivity index is 1.51. The van der Waals surface area contributed by atoms with Crippen LogP contribution in [0.5, 0.6) is 0 Å². The van der Waals surface area contributed by atoms with Crippen LogP contribution in [0.3, 0.4) is 0 Å². The number of sulfonamides is 1. The summed E-state index contributed by atoms with van der Waals surface area (Å²) in [6.07, 6.45) is 4.24. The number of aromatic nitrogens is 1. The maximum Gasteiger partial charge on any atom is 0.243 e. The van der Waals surface area contributed by atoms with Gasteiger partial charge in [0.1, 0.15) is 6.04 Å². The highest BCUT2D eigenvalue weighted by molar-refractivity contribution is 7.89. The molecule has 158 valence electrons. The predicted octanol–water partition coefficient (Wildman–Crippen LogP) is 0.913. The van der Waals surface area contributed by atoms with E-state index in [1.807, 2.05) is 12.1 Å². The van der Waals surface area contributed by atoms with Crippen LogP contribution < -0.4 is 10.6 Å². The Kier molecular flexibility index (Phi) is 5.33. The predicted molar refractivity (Wildman–Crippen MR) is 109 cm³/mol. The summed E-state index contributed by atoms with van der Waals surface area (Å²) in [6, 6.07) is 10.9. The average molecular weight is 429 g/mol. The van der Waals surface area contributed by atoms with Crippen molar-refractivity contribution < 1.29 is 18.0 Å². The van der Waals surface area contributed by atoms with E-state index in [0.29, 0.717) is 19.4 Å². The van der Waals surface area contributed by atoms with Gasteiger partial charge in [-0.2, -0.15) is 4.31 Å². The Hall–Kier alpha value is -2.78. The minimum Gasteiger partial charge on any atom is -0.358 e. The monoisotopic (exact) mass is 428 g/mol. The van der Waals surface area contributed by atoms with Gasteiger partial charge in [-0.15, -0.1) is 0 Å². The van der Waals surface area contributed by atoms with E-state index < -0.39 is 21.5 Å². The number of carbonyl (C=O) groups is 2. The van der Waals surface area contributed by atoms with E-state index in [2.05, 4.69) is 15.6 Å². The number of nitrogens with zero attached hydrogens (tertiary/aromatic N) is 2. The first-order chi connectivity index (χ1) is 14.4. The smallest absolute Gasteiger partial charge is 0.243 e. The average Bonchev–Trinajstić information content (AvgIpc) is 3.33. The number of amides is 2. The molecule has 0 unspecified atom stereocenters. The molecule has 2 aliphatic rings. The van der Waals surface area contributed by atoms with Crippen molar-refractivity contribution in [3.63, 3.8) is 0 Å². The van der Waals surface area contributed by atoms with Crippen LogP contribution >= 0.6 is 0 Å². The van der Waals surface area contributed by atoms with Crippen molar-refractivity contribution in [2.45, 2.75) is 30.3 Å². The molecule has 8 nitrogen and oxygen atoms in total. The molecular formula is C21H24N4O4S. The molecule has 3 atom stereocenters. The van der Waals surface area contributed by atoms with Crippen LogP contribution in [-0.2, 0) is 26.2 Å². The zero-order valence-electron chi connectivity index (χ0n) is 16.6. The Morgan fingerprint density at radius 2 is 1.80 bits per heavy atom. The molecule has 1 saturated carbocycles. The summed E-state index contributed by atoms with van der Waals surface area (Å²) in [4.78, 5) is 29.3. The summed E-state index contributed by atoms with van der Waals surface area (Å²) in [6.45, 7) is 0.550. The van der Waals surface area contributed by atoms with Gasteiger partial charge in [0, 0.05) is 38.4 Å². The van der Waals surface area contributed by atoms with Crippen molar-refractivity contribution in [2.75, 3.05) is 13.6 Å². The molecular weight excluding hydrogens is 404 g/mol. The quantitative estimate of drug-likeness (QED) is 0.711. The van der Waals surface area contributed by atoms with Gasteiger partial charge in [-0.3, -0.25) is 14.6 Å². The summed E-state index contributed by atoms with van der Waals surface area (Å²) in [5.41, 5.74) is 0.442. The van der Waals surface area contributed by atoms with Crippen LogP contribution in [0.15, 0.2) is 59.8 Å². The number of hydrogen-bond donors (Lipinski definition) is 2. The van der Waals surface area contributed by atoms with Crippen molar-refractivity contribution in [1.29, 1.82) is 0 Å². The summed E-state index contributed by atoms with van der Waals surface area (Å²) in [7, 11) is -2.35. The minimum absolute atomic E-state index is 0.110. The van der Waals surface area contributed by atoms with Crippen molar-refractivity contribution in [1.82, 2.24) is 19.9 Å². The van der Waals surface area contributed by atoms with Crippen molar-refractivity contribution in [3.8, 4) is 0 Å². The molecule has 2 N–H and O–H groups in total. The minimum atomic E-state index is -3.84. The fourth-order valence-corrected chi connectivity index (χ4v) is 5.98. The molecule has 1 saturated heterocycles. The highest BCUT2D eigenvalue weighted by Gasteiger charge is 2.65. The standard InChI is InChI=1S/C21H24N4O4S/c1-22-20(27)18-12-21(14-25(18)30(28,29)16-5-3-2-4-6-16)11-17(21)19(26)24-13-15-7-9-23-10-8-15/h2-10,17-18H,11-14H2,1H3,(H,22,27)(H,24,26)/t17-,18+,21+/m1/s1. The van der Waals surface area contributed by atoms with Gasteiger partial charge in [0.2, 0.25) is 21.8 Å². The van der Waals surface area contributed by atoms with Gasteiger partial charge in [-0.25, -0.2) is 8.42 Å². The molecule has 1 aromatic carbocycles. The lowest BCUT2D eigenvalue weighted by atomic mass is 9.99. The molecule has 1 aliphatic heterocycles. The molecule has 2 amide bonds. The molecule has 9 heteroatoms. The van der Waals surface area contributed by atoms with Crippen LogP contribution in [0.4, 0.5) is 0 Å². The van der Waals surface area contributed by atoms with Crippen molar-refractivity contribution >= 4 is 21.8 Å². The van der Waals surface area contributed by atoms with E-state index in [-0.39, 0.29) is 29.2 Å². The number of rotatable bonds is 6. The first kappa shape index (κ1) is 20.5. The van der Waals surface area contributed by atoms with Gasteiger partial charge in [0.05, 0.1) is 4.90 Å². The maximum absolute atomic E-state index is 13.2. The van der Waals surface area contributed by atoms with Crippen LogP contribution in [0, 0.1) is 11.3 Å². The van der Waals surface area contributed by atoms with E-state index in [1.165, 1.54) is 23.5 Å². The largest absolute Gasteiger partial charge is 0.358 e. The van der Waals surface area contributed by atoms with Crippen LogP contribution in [0.25, 0.3) is 0 Å². The number of hydrogen-bond acceptors (Lipinski definition) is 5. The highest BCUT2D eigenvalue weighted by Crippen LogP contribution is 2.61. The lowest BCUT2D eigenvalue weighted by molar-refractivity contribution is -0.124. The van der Waals surface area contributed by atoms with E-state index in [9.17, 15) is 18.0 Å². The fraction of sp³-hybridized carbons (Fsp3) is 0.381. The zero-order chi connectivity index (χ0) is 21.4. The molecule has 4 rings (SSSR count). The lowest BCUT2D eigenvalue weighted by Gasteiger charge is -2.22. The van der Waals surface area contributed by atoms with Gasteiger partial charge in [-0.1, -0.05) is 18.2 Å². The van der Waals surface area contributed by atoms with Gasteiger partial charge in [0.15, 0.2) is 0 Å². The van der Waals surface area contributed by atoms with E-state index >= 15 is 0 Å². The van der Waals surface area contributed by atoms with Gasteiger partial charge < -0.3 is 10.6 Å². The number of benzene rings is 1. The zero-order valence-corrected chi connectivity index (χ0v) is 17.4. The topological polar surface area (TPSA) is 108 Å². The third kappa shape index (κ3) is 3.70. The molecule has 2 aromatic rings. The van der Waals surface area contributed by atoms with E-state index in [4.69, 9.17) is 0 Å². The van der Waals surface area contributed by atoms with Gasteiger partial charge >= 0.3 is 0 Å². The summed E-state index contributed by atoms with van der Waals surface area (Å²) in [5.74, 6) is -0.766. The number of pyridine rings is 1. The molecule has 2 heterocycles. The second-order valence-electron chi connectivity index (χ2n) is 7.89. The van der Waals surface area contributed by atoms with Crippen LogP contribution in [0.1, 0.15) is 18.4 Å². The van der Waals surface area contributed by atoms with Gasteiger partial charge in [-0.05, 0) is 48.1 Å². The molecule has 30 heavy (non-hydrogen) atoms. The first-order valence-electron chi connectivity index (χ1n) is 9.82. The summed E-state index contributed by atoms with van der Waals surface area (Å²) >= 11 is 0.